The van der Waals surface area contributed by atoms with Gasteiger partial charge < -0.3 is 9.88 Å². The van der Waals surface area contributed by atoms with Gasteiger partial charge in [-0.2, -0.15) is 0 Å². The summed E-state index contributed by atoms with van der Waals surface area (Å²) >= 11 is 1.39. The number of imide groups is 1. The number of carbonyl (C=O) groups excluding carboxylic acids is 3. The summed E-state index contributed by atoms with van der Waals surface area (Å²) in [5, 5.41) is 3.61. The van der Waals surface area contributed by atoms with Gasteiger partial charge in [-0.05, 0) is 31.0 Å². The van der Waals surface area contributed by atoms with Crippen molar-refractivity contribution in [2.45, 2.75) is 24.0 Å². The Labute approximate surface area is 148 Å². The molecule has 4 rings (SSSR count). The molecule has 25 heavy (non-hydrogen) atoms. The fourth-order valence-electron chi connectivity index (χ4n) is 2.81. The summed E-state index contributed by atoms with van der Waals surface area (Å²) in [6, 6.07) is 5.27. The summed E-state index contributed by atoms with van der Waals surface area (Å²) in [6.45, 7) is 0. The number of hydrogen-bond acceptors (Lipinski definition) is 5. The van der Waals surface area contributed by atoms with E-state index in [2.05, 4.69) is 14.9 Å². The maximum absolute atomic E-state index is 12.2. The number of aromatic nitrogens is 2. The summed E-state index contributed by atoms with van der Waals surface area (Å²) in [7, 11) is 1.45. The highest BCUT2D eigenvalue weighted by Crippen LogP contribution is 2.37. The van der Waals surface area contributed by atoms with Crippen molar-refractivity contribution in [1.29, 1.82) is 0 Å². The van der Waals surface area contributed by atoms with E-state index in [1.807, 2.05) is 6.20 Å². The van der Waals surface area contributed by atoms with Crippen LogP contribution in [0.25, 0.3) is 0 Å². The zero-order valence-electron chi connectivity index (χ0n) is 13.6. The molecule has 2 heterocycles. The average Bonchev–Trinajstić information content (AvgIpc) is 3.31. The van der Waals surface area contributed by atoms with E-state index >= 15 is 0 Å². The molecule has 0 atom stereocenters. The second-order valence-electron chi connectivity index (χ2n) is 6.11. The second-order valence-corrected chi connectivity index (χ2v) is 7.06. The van der Waals surface area contributed by atoms with Gasteiger partial charge >= 0.3 is 0 Å². The standard InChI is InChI=1S/C17H16N4O3S/c1-20-15(23)12-5-2-10(8-13(12)16(20)24)19-14(22)9-25-17-18-6-7-21(17)11-3-4-11/h2,5-8,11H,3-4,9H2,1H3,(H,19,22). The summed E-state index contributed by atoms with van der Waals surface area (Å²) < 4.78 is 2.10. The molecule has 0 bridgehead atoms. The van der Waals surface area contributed by atoms with Gasteiger partial charge in [-0.25, -0.2) is 4.98 Å². The molecule has 7 nitrogen and oxygen atoms in total. The van der Waals surface area contributed by atoms with E-state index in [0.717, 1.165) is 22.9 Å². The summed E-state index contributed by atoms with van der Waals surface area (Å²) in [5.74, 6) is -0.620. The molecule has 2 aromatic rings. The van der Waals surface area contributed by atoms with Gasteiger partial charge in [-0.3, -0.25) is 19.3 Å². The Morgan fingerprint density at radius 1 is 1.28 bits per heavy atom. The van der Waals surface area contributed by atoms with Gasteiger partial charge in [0.2, 0.25) is 5.91 Å². The summed E-state index contributed by atoms with van der Waals surface area (Å²) in [5.41, 5.74) is 1.19. The third kappa shape index (κ3) is 2.93. The number of thioether (sulfide) groups is 1. The van der Waals surface area contributed by atoms with Crippen molar-refractivity contribution in [2.24, 2.45) is 0 Å². The predicted molar refractivity (Wildman–Crippen MR) is 92.7 cm³/mol. The molecule has 0 radical (unpaired) electrons. The first kappa shape index (κ1) is 15.9. The molecule has 3 amide bonds. The largest absolute Gasteiger partial charge is 0.325 e. The van der Waals surface area contributed by atoms with Gasteiger partial charge in [-0.1, -0.05) is 11.8 Å². The molecule has 1 aromatic heterocycles. The number of nitrogens with one attached hydrogen (secondary N) is 1. The van der Waals surface area contributed by atoms with Crippen molar-refractivity contribution < 1.29 is 14.4 Å². The van der Waals surface area contributed by atoms with Gasteiger partial charge in [0.05, 0.1) is 16.9 Å². The molecule has 0 spiro atoms. The lowest BCUT2D eigenvalue weighted by atomic mass is 10.1. The molecule has 1 fully saturated rings. The van der Waals surface area contributed by atoms with Crippen LogP contribution in [0.1, 0.15) is 39.6 Å². The molecule has 128 valence electrons. The number of imidazole rings is 1. The van der Waals surface area contributed by atoms with Gasteiger partial charge in [0.1, 0.15) is 0 Å². The monoisotopic (exact) mass is 356 g/mol. The average molecular weight is 356 g/mol. The molecule has 1 saturated carbocycles. The minimum Gasteiger partial charge on any atom is -0.325 e. The van der Waals surface area contributed by atoms with Crippen molar-refractivity contribution >= 4 is 35.2 Å². The van der Waals surface area contributed by atoms with Crippen molar-refractivity contribution in [3.63, 3.8) is 0 Å². The van der Waals surface area contributed by atoms with Crippen LogP contribution in [0, 0.1) is 0 Å². The molecule has 1 N–H and O–H groups in total. The van der Waals surface area contributed by atoms with E-state index in [9.17, 15) is 14.4 Å². The molecular weight excluding hydrogens is 340 g/mol. The zero-order chi connectivity index (χ0) is 17.6. The molecule has 1 aliphatic heterocycles. The van der Waals surface area contributed by atoms with Crippen LogP contribution in [-0.2, 0) is 4.79 Å². The second kappa shape index (κ2) is 6.03. The van der Waals surface area contributed by atoms with E-state index in [1.54, 1.807) is 24.4 Å². The normalized spacial score (nSPS) is 16.3. The quantitative estimate of drug-likeness (QED) is 0.656. The molecule has 8 heteroatoms. The maximum Gasteiger partial charge on any atom is 0.261 e. The van der Waals surface area contributed by atoms with Crippen LogP contribution in [0.4, 0.5) is 5.69 Å². The minimum atomic E-state index is -0.350. The van der Waals surface area contributed by atoms with Gasteiger partial charge in [0.15, 0.2) is 5.16 Å². The van der Waals surface area contributed by atoms with Crippen LogP contribution in [0.5, 0.6) is 0 Å². The van der Waals surface area contributed by atoms with E-state index in [0.29, 0.717) is 22.9 Å². The molecule has 0 saturated heterocycles. The van der Waals surface area contributed by atoms with Gasteiger partial charge in [0, 0.05) is 31.2 Å². The minimum absolute atomic E-state index is 0.180. The van der Waals surface area contributed by atoms with Crippen LogP contribution in [0.3, 0.4) is 0 Å². The summed E-state index contributed by atoms with van der Waals surface area (Å²) in [6.07, 6.45) is 6.01. The first-order valence-electron chi connectivity index (χ1n) is 7.96. The molecule has 1 aromatic carbocycles. The number of nitrogens with zero attached hydrogens (tertiary/aromatic N) is 3. The van der Waals surface area contributed by atoms with Gasteiger partial charge in [0.25, 0.3) is 11.8 Å². The fourth-order valence-corrected chi connectivity index (χ4v) is 3.63. The van der Waals surface area contributed by atoms with Crippen LogP contribution in [0.15, 0.2) is 35.7 Å². The summed E-state index contributed by atoms with van der Waals surface area (Å²) in [4.78, 5) is 41.4. The lowest BCUT2D eigenvalue weighted by Crippen LogP contribution is -2.24. The Hall–Kier alpha value is -2.61. The van der Waals surface area contributed by atoms with Crippen LogP contribution < -0.4 is 5.32 Å². The van der Waals surface area contributed by atoms with Crippen molar-refractivity contribution in [3.05, 3.63) is 41.7 Å². The van der Waals surface area contributed by atoms with E-state index < -0.39 is 0 Å². The number of hydrogen-bond donors (Lipinski definition) is 1. The SMILES string of the molecule is CN1C(=O)c2ccc(NC(=O)CSc3nccn3C3CC3)cc2C1=O. The molecule has 0 unspecified atom stereocenters. The highest BCUT2D eigenvalue weighted by molar-refractivity contribution is 7.99. The van der Waals surface area contributed by atoms with Crippen molar-refractivity contribution in [2.75, 3.05) is 18.1 Å². The highest BCUT2D eigenvalue weighted by Gasteiger charge is 2.32. The number of anilines is 1. The van der Waals surface area contributed by atoms with Crippen molar-refractivity contribution in [1.82, 2.24) is 14.5 Å². The smallest absolute Gasteiger partial charge is 0.261 e. The first-order valence-corrected chi connectivity index (χ1v) is 8.95. The van der Waals surface area contributed by atoms with Crippen molar-refractivity contribution in [3.8, 4) is 0 Å². The maximum atomic E-state index is 12.2. The van der Waals surface area contributed by atoms with E-state index in [1.165, 1.54) is 18.8 Å². The van der Waals surface area contributed by atoms with E-state index in [4.69, 9.17) is 0 Å². The van der Waals surface area contributed by atoms with Crippen LogP contribution in [-0.4, -0.2) is 45.0 Å². The Bertz CT molecular complexity index is 888. The Morgan fingerprint density at radius 2 is 2.04 bits per heavy atom. The molecule has 2 aliphatic rings. The number of amides is 3. The van der Waals surface area contributed by atoms with E-state index in [-0.39, 0.29) is 23.5 Å². The molecular formula is C17H16N4O3S. The Balaban J connectivity index is 1.41. The van der Waals surface area contributed by atoms with Crippen LogP contribution in [0.2, 0.25) is 0 Å². The third-order valence-electron chi connectivity index (χ3n) is 4.28. The fraction of sp³-hybridized carbons (Fsp3) is 0.294. The number of rotatable bonds is 5. The first-order chi connectivity index (χ1) is 12.0. The lowest BCUT2D eigenvalue weighted by molar-refractivity contribution is -0.113. The molecule has 1 aliphatic carbocycles. The van der Waals surface area contributed by atoms with Gasteiger partial charge in [-0.15, -0.1) is 0 Å². The highest BCUT2D eigenvalue weighted by atomic mass is 32.2. The number of fused-ring (bicyclic) bond motifs is 1. The Kier molecular flexibility index (Phi) is 3.84. The Morgan fingerprint density at radius 3 is 2.80 bits per heavy atom. The topological polar surface area (TPSA) is 84.3 Å². The number of benzene rings is 1. The van der Waals surface area contributed by atoms with Crippen LogP contribution >= 0.6 is 11.8 Å². The third-order valence-corrected chi connectivity index (χ3v) is 5.26. The zero-order valence-corrected chi connectivity index (χ0v) is 14.4. The lowest BCUT2D eigenvalue weighted by Gasteiger charge is -2.07. The predicted octanol–water partition coefficient (Wildman–Crippen LogP) is 2.17. The number of carbonyl (C=O) groups is 3.